The van der Waals surface area contributed by atoms with E-state index in [0.29, 0.717) is 16.3 Å². The first-order valence-corrected chi connectivity index (χ1v) is 4.91. The highest BCUT2D eigenvalue weighted by molar-refractivity contribution is 6.43. The zero-order valence-corrected chi connectivity index (χ0v) is 9.21. The van der Waals surface area contributed by atoms with Gasteiger partial charge in [0, 0.05) is 12.6 Å². The zero-order chi connectivity index (χ0) is 11.2. The van der Waals surface area contributed by atoms with Gasteiger partial charge in [0.05, 0.1) is 15.7 Å². The summed E-state index contributed by atoms with van der Waals surface area (Å²) in [5.41, 5.74) is 0.977. The third-order valence-corrected chi connectivity index (χ3v) is 3.23. The maximum Gasteiger partial charge on any atom is 0.259 e. The summed E-state index contributed by atoms with van der Waals surface area (Å²) in [7, 11) is 1.57. The van der Waals surface area contributed by atoms with Crippen LogP contribution in [-0.2, 0) is 4.79 Å². The third kappa shape index (κ3) is 1.33. The number of hydrogen-bond acceptors (Lipinski definition) is 3. The molecule has 6 heteroatoms. The molecule has 4 nitrogen and oxygen atoms in total. The first-order valence-electron chi connectivity index (χ1n) is 4.16. The van der Waals surface area contributed by atoms with Gasteiger partial charge in [-0.2, -0.15) is 0 Å². The minimum Gasteiger partial charge on any atom is -0.313 e. The van der Waals surface area contributed by atoms with Crippen LogP contribution in [0.5, 0.6) is 0 Å². The molecule has 0 aromatic heterocycles. The largest absolute Gasteiger partial charge is 0.313 e. The van der Waals surface area contributed by atoms with E-state index in [4.69, 9.17) is 23.2 Å². The van der Waals surface area contributed by atoms with Gasteiger partial charge in [0.15, 0.2) is 6.04 Å². The first-order chi connectivity index (χ1) is 7.07. The van der Waals surface area contributed by atoms with Gasteiger partial charge in [-0.05, 0) is 12.1 Å². The van der Waals surface area contributed by atoms with Crippen LogP contribution in [0.25, 0.3) is 0 Å². The Kier molecular flexibility index (Phi) is 2.40. The van der Waals surface area contributed by atoms with Crippen LogP contribution in [-0.4, -0.2) is 13.0 Å². The van der Waals surface area contributed by atoms with E-state index in [1.54, 1.807) is 19.2 Å². The molecule has 0 saturated carbocycles. The molecule has 0 spiro atoms. The Hall–Kier alpha value is -1.13. The second kappa shape index (κ2) is 3.47. The van der Waals surface area contributed by atoms with Crippen LogP contribution in [0.2, 0.25) is 10.0 Å². The van der Waals surface area contributed by atoms with Gasteiger partial charge in [-0.25, -0.2) is 0 Å². The van der Waals surface area contributed by atoms with Crippen LogP contribution in [0.1, 0.15) is 11.6 Å². The van der Waals surface area contributed by atoms with Crippen LogP contribution < -0.4 is 4.90 Å². The highest BCUT2D eigenvalue weighted by Gasteiger charge is 2.38. The monoisotopic (exact) mass is 244 g/mol. The molecule has 1 aliphatic heterocycles. The Labute approximate surface area is 95.7 Å². The normalized spacial score (nSPS) is 19.3. The Morgan fingerprint density at radius 1 is 1.40 bits per heavy atom. The van der Waals surface area contributed by atoms with Gasteiger partial charge in [0.25, 0.3) is 5.91 Å². The number of halogens is 2. The highest BCUT2D eigenvalue weighted by atomic mass is 35.5. The Morgan fingerprint density at radius 3 is 2.67 bits per heavy atom. The van der Waals surface area contributed by atoms with E-state index in [1.165, 1.54) is 4.90 Å². The van der Waals surface area contributed by atoms with Crippen molar-refractivity contribution in [1.29, 1.82) is 0 Å². The van der Waals surface area contributed by atoms with Gasteiger partial charge < -0.3 is 4.90 Å². The van der Waals surface area contributed by atoms with Crippen molar-refractivity contribution < 1.29 is 4.79 Å². The number of rotatable bonds is 1. The molecule has 0 fully saturated rings. The molecule has 0 aliphatic carbocycles. The van der Waals surface area contributed by atoms with E-state index in [9.17, 15) is 9.70 Å². The molecule has 1 aromatic rings. The predicted molar refractivity (Wildman–Crippen MR) is 58.4 cm³/mol. The standard InChI is InChI=1S/C9H6Cl2N2O2/c1-13-5-3-2-4(10)7(11)6(5)8(12-15)9(13)14/h2-3,8H,1H3. The quantitative estimate of drug-likeness (QED) is 0.714. The molecule has 15 heavy (non-hydrogen) atoms. The number of nitrogens with zero attached hydrogens (tertiary/aromatic N) is 2. The summed E-state index contributed by atoms with van der Waals surface area (Å²) < 4.78 is 0. The van der Waals surface area contributed by atoms with Crippen molar-refractivity contribution in [2.75, 3.05) is 11.9 Å². The summed E-state index contributed by atoms with van der Waals surface area (Å²) in [6.07, 6.45) is 0. The molecule has 78 valence electrons. The van der Waals surface area contributed by atoms with Gasteiger partial charge in [0.2, 0.25) is 0 Å². The molecular formula is C9H6Cl2N2O2. The lowest BCUT2D eigenvalue weighted by Crippen LogP contribution is -2.22. The van der Waals surface area contributed by atoms with Crippen LogP contribution in [0, 0.1) is 4.91 Å². The minimum absolute atomic E-state index is 0.219. The number of fused-ring (bicyclic) bond motifs is 1. The maximum absolute atomic E-state index is 11.6. The van der Waals surface area contributed by atoms with Gasteiger partial charge in [-0.3, -0.25) is 4.79 Å². The lowest BCUT2D eigenvalue weighted by Gasteiger charge is -2.09. The van der Waals surface area contributed by atoms with Crippen molar-refractivity contribution in [3.05, 3.63) is 32.6 Å². The molecule has 1 heterocycles. The number of benzene rings is 1. The van der Waals surface area contributed by atoms with Crippen LogP contribution >= 0.6 is 23.2 Å². The smallest absolute Gasteiger partial charge is 0.259 e. The lowest BCUT2D eigenvalue weighted by atomic mass is 10.1. The van der Waals surface area contributed by atoms with E-state index in [-0.39, 0.29) is 10.9 Å². The van der Waals surface area contributed by atoms with Gasteiger partial charge in [0.1, 0.15) is 0 Å². The average Bonchev–Trinajstić information content (AvgIpc) is 2.47. The van der Waals surface area contributed by atoms with Crippen molar-refractivity contribution in [3.63, 3.8) is 0 Å². The summed E-state index contributed by atoms with van der Waals surface area (Å²) in [5.74, 6) is -0.385. The third-order valence-electron chi connectivity index (χ3n) is 2.41. The van der Waals surface area contributed by atoms with Gasteiger partial charge >= 0.3 is 0 Å². The molecule has 1 aliphatic rings. The molecular weight excluding hydrogens is 239 g/mol. The number of anilines is 1. The SMILES string of the molecule is CN1C(=O)C(N=O)c2c1ccc(Cl)c2Cl. The number of carbonyl (C=O) groups is 1. The molecule has 1 unspecified atom stereocenters. The first kappa shape index (κ1) is 10.4. The number of amides is 1. The van der Waals surface area contributed by atoms with Crippen molar-refractivity contribution in [2.24, 2.45) is 5.18 Å². The number of carbonyl (C=O) groups excluding carboxylic acids is 1. The van der Waals surface area contributed by atoms with Crippen molar-refractivity contribution in [2.45, 2.75) is 6.04 Å². The molecule has 2 rings (SSSR count). The molecule has 0 N–H and O–H groups in total. The van der Waals surface area contributed by atoms with E-state index in [0.717, 1.165) is 0 Å². The molecule has 0 bridgehead atoms. The summed E-state index contributed by atoms with van der Waals surface area (Å²) >= 11 is 11.7. The predicted octanol–water partition coefficient (Wildman–Crippen LogP) is 2.78. The minimum atomic E-state index is -1.07. The lowest BCUT2D eigenvalue weighted by molar-refractivity contribution is -0.118. The van der Waals surface area contributed by atoms with Crippen LogP contribution in [0.4, 0.5) is 5.69 Å². The fraction of sp³-hybridized carbons (Fsp3) is 0.222. The van der Waals surface area contributed by atoms with E-state index < -0.39 is 6.04 Å². The summed E-state index contributed by atoms with van der Waals surface area (Å²) in [6, 6.07) is 2.16. The van der Waals surface area contributed by atoms with Crippen molar-refractivity contribution in [1.82, 2.24) is 0 Å². The molecule has 1 atom stereocenters. The van der Waals surface area contributed by atoms with E-state index >= 15 is 0 Å². The Balaban J connectivity index is 2.71. The van der Waals surface area contributed by atoms with Crippen LogP contribution in [0.15, 0.2) is 17.3 Å². The number of nitroso groups, excluding NO2 is 1. The maximum atomic E-state index is 11.6. The van der Waals surface area contributed by atoms with Gasteiger partial charge in [-0.1, -0.05) is 28.4 Å². The summed E-state index contributed by atoms with van der Waals surface area (Å²) in [5, 5.41) is 3.31. The summed E-state index contributed by atoms with van der Waals surface area (Å²) in [4.78, 5) is 23.5. The Morgan fingerprint density at radius 2 is 2.07 bits per heavy atom. The fourth-order valence-electron chi connectivity index (χ4n) is 1.63. The molecule has 1 aromatic carbocycles. The second-order valence-corrected chi connectivity index (χ2v) is 3.98. The van der Waals surface area contributed by atoms with Crippen molar-refractivity contribution in [3.8, 4) is 0 Å². The van der Waals surface area contributed by atoms with Gasteiger partial charge in [-0.15, -0.1) is 4.91 Å². The number of likely N-dealkylation sites (N-methyl/N-ethyl adjacent to an activating group) is 1. The number of hydrogen-bond donors (Lipinski definition) is 0. The van der Waals surface area contributed by atoms with E-state index in [2.05, 4.69) is 5.18 Å². The van der Waals surface area contributed by atoms with E-state index in [1.807, 2.05) is 0 Å². The van der Waals surface area contributed by atoms with Crippen molar-refractivity contribution >= 4 is 34.8 Å². The fourth-order valence-corrected chi connectivity index (χ4v) is 2.06. The average molecular weight is 245 g/mol. The molecule has 1 amide bonds. The highest BCUT2D eigenvalue weighted by Crippen LogP contribution is 2.44. The molecule has 0 saturated heterocycles. The Bertz CT molecular complexity index is 462. The second-order valence-electron chi connectivity index (χ2n) is 3.20. The molecule has 0 radical (unpaired) electrons. The zero-order valence-electron chi connectivity index (χ0n) is 7.70. The summed E-state index contributed by atoms with van der Waals surface area (Å²) in [6.45, 7) is 0. The van der Waals surface area contributed by atoms with Crippen LogP contribution in [0.3, 0.4) is 0 Å². The topological polar surface area (TPSA) is 49.7 Å².